The van der Waals surface area contributed by atoms with E-state index in [1.165, 1.54) is 12.8 Å². The molecule has 1 aromatic rings. The Bertz CT molecular complexity index is 576. The van der Waals surface area contributed by atoms with Crippen molar-refractivity contribution in [3.63, 3.8) is 0 Å². The van der Waals surface area contributed by atoms with Gasteiger partial charge in [0.15, 0.2) is 0 Å². The zero-order valence-electron chi connectivity index (χ0n) is 13.8. The van der Waals surface area contributed by atoms with Crippen LogP contribution < -0.4 is 21.1 Å². The molecule has 0 radical (unpaired) electrons. The number of hydrogen-bond acceptors (Lipinski definition) is 4. The van der Waals surface area contributed by atoms with Crippen LogP contribution in [0.1, 0.15) is 38.5 Å². The maximum absolute atomic E-state index is 12.2. The molecule has 2 aliphatic rings. The van der Waals surface area contributed by atoms with E-state index in [1.807, 2.05) is 12.1 Å². The molecule has 6 heteroatoms. The quantitative estimate of drug-likeness (QED) is 0.710. The van der Waals surface area contributed by atoms with Gasteiger partial charge in [-0.15, -0.1) is 0 Å². The highest BCUT2D eigenvalue weighted by molar-refractivity contribution is 5.90. The molecule has 0 spiro atoms. The van der Waals surface area contributed by atoms with E-state index in [0.717, 1.165) is 18.5 Å². The molecule has 0 aromatic heterocycles. The maximum atomic E-state index is 12.2. The third-order valence-corrected chi connectivity index (χ3v) is 4.80. The number of amides is 2. The van der Waals surface area contributed by atoms with Crippen LogP contribution in [0, 0.1) is 5.92 Å². The molecule has 2 bridgehead atoms. The van der Waals surface area contributed by atoms with Crippen LogP contribution in [0.4, 0.5) is 5.69 Å². The number of anilines is 1. The number of hydrogen-bond donors (Lipinski definition) is 3. The van der Waals surface area contributed by atoms with E-state index in [0.29, 0.717) is 30.2 Å². The standard InChI is InChI=1S/C18H25N3O3/c19-17(22)7-8-24-16-5-3-13(4-6-16)21-18(23)11-12-9-14-1-2-15(10-12)20-14/h3-6,12,14-15,20H,1-2,7-11H2,(H2,19,22)(H,21,23). The zero-order chi connectivity index (χ0) is 16.9. The van der Waals surface area contributed by atoms with E-state index in [9.17, 15) is 9.59 Å². The highest BCUT2D eigenvalue weighted by Crippen LogP contribution is 2.32. The Balaban J connectivity index is 1.43. The summed E-state index contributed by atoms with van der Waals surface area (Å²) in [6, 6.07) is 8.40. The van der Waals surface area contributed by atoms with Crippen molar-refractivity contribution < 1.29 is 14.3 Å². The maximum Gasteiger partial charge on any atom is 0.224 e. The number of carbonyl (C=O) groups excluding carboxylic acids is 2. The van der Waals surface area contributed by atoms with Crippen molar-refractivity contribution in [3.05, 3.63) is 24.3 Å². The number of carbonyl (C=O) groups is 2. The Morgan fingerprint density at radius 1 is 1.17 bits per heavy atom. The van der Waals surface area contributed by atoms with Gasteiger partial charge >= 0.3 is 0 Å². The average Bonchev–Trinajstić information content (AvgIpc) is 2.87. The smallest absolute Gasteiger partial charge is 0.224 e. The second-order valence-electron chi connectivity index (χ2n) is 6.82. The molecule has 4 N–H and O–H groups in total. The van der Waals surface area contributed by atoms with Crippen molar-refractivity contribution in [2.75, 3.05) is 11.9 Å². The summed E-state index contributed by atoms with van der Waals surface area (Å²) in [5.41, 5.74) is 5.83. The van der Waals surface area contributed by atoms with Gasteiger partial charge in [0.2, 0.25) is 11.8 Å². The van der Waals surface area contributed by atoms with Crippen LogP contribution in [0.25, 0.3) is 0 Å². The van der Waals surface area contributed by atoms with Crippen molar-refractivity contribution in [1.82, 2.24) is 5.32 Å². The number of piperidine rings is 1. The van der Waals surface area contributed by atoms with Gasteiger partial charge in [0.05, 0.1) is 13.0 Å². The molecular weight excluding hydrogens is 306 g/mol. The molecule has 24 heavy (non-hydrogen) atoms. The van der Waals surface area contributed by atoms with E-state index in [4.69, 9.17) is 10.5 Å². The SMILES string of the molecule is NC(=O)CCOc1ccc(NC(=O)CC2CC3CCC(C2)N3)cc1. The van der Waals surface area contributed by atoms with Gasteiger partial charge in [0, 0.05) is 24.2 Å². The van der Waals surface area contributed by atoms with Gasteiger partial charge in [-0.2, -0.15) is 0 Å². The molecule has 2 saturated heterocycles. The second kappa shape index (κ2) is 7.66. The van der Waals surface area contributed by atoms with Crippen LogP contribution >= 0.6 is 0 Å². The first-order valence-electron chi connectivity index (χ1n) is 8.65. The molecule has 2 heterocycles. The normalized spacial score (nSPS) is 25.2. The van der Waals surface area contributed by atoms with E-state index in [1.54, 1.807) is 12.1 Å². The first-order chi connectivity index (χ1) is 11.6. The first-order valence-corrected chi connectivity index (χ1v) is 8.65. The van der Waals surface area contributed by atoms with Gasteiger partial charge in [0.25, 0.3) is 0 Å². The molecule has 3 rings (SSSR count). The first kappa shape index (κ1) is 16.8. The molecule has 0 saturated carbocycles. The number of rotatable bonds is 7. The summed E-state index contributed by atoms with van der Waals surface area (Å²) in [5.74, 6) is 0.832. The second-order valence-corrected chi connectivity index (χ2v) is 6.82. The van der Waals surface area contributed by atoms with Crippen LogP contribution in [0.3, 0.4) is 0 Å². The number of fused-ring (bicyclic) bond motifs is 2. The fourth-order valence-corrected chi connectivity index (χ4v) is 3.72. The van der Waals surface area contributed by atoms with Gasteiger partial charge < -0.3 is 21.1 Å². The summed E-state index contributed by atoms with van der Waals surface area (Å²) < 4.78 is 5.41. The lowest BCUT2D eigenvalue weighted by Gasteiger charge is -2.28. The Morgan fingerprint density at radius 2 is 1.83 bits per heavy atom. The lowest BCUT2D eigenvalue weighted by molar-refractivity contribution is -0.118. The lowest BCUT2D eigenvalue weighted by Crippen LogP contribution is -2.39. The minimum absolute atomic E-state index is 0.0729. The zero-order valence-corrected chi connectivity index (χ0v) is 13.8. The topological polar surface area (TPSA) is 93.5 Å². The molecule has 2 aliphatic heterocycles. The molecule has 6 nitrogen and oxygen atoms in total. The molecule has 2 amide bonds. The van der Waals surface area contributed by atoms with Crippen LogP contribution in [-0.2, 0) is 9.59 Å². The average molecular weight is 331 g/mol. The van der Waals surface area contributed by atoms with Crippen LogP contribution in [0.5, 0.6) is 5.75 Å². The number of nitrogens with one attached hydrogen (secondary N) is 2. The van der Waals surface area contributed by atoms with Crippen LogP contribution in [0.2, 0.25) is 0 Å². The Labute approximate surface area is 142 Å². The van der Waals surface area contributed by atoms with Crippen molar-refractivity contribution >= 4 is 17.5 Å². The number of nitrogens with two attached hydrogens (primary N) is 1. The van der Waals surface area contributed by atoms with E-state index < -0.39 is 0 Å². The molecule has 130 valence electrons. The summed E-state index contributed by atoms with van der Waals surface area (Å²) in [6.07, 6.45) is 5.50. The van der Waals surface area contributed by atoms with Gasteiger partial charge in [-0.3, -0.25) is 9.59 Å². The Morgan fingerprint density at radius 3 is 2.46 bits per heavy atom. The molecule has 1 aromatic carbocycles. The van der Waals surface area contributed by atoms with Crippen molar-refractivity contribution in [1.29, 1.82) is 0 Å². The predicted octanol–water partition coefficient (Wildman–Crippen LogP) is 1.80. The van der Waals surface area contributed by atoms with Crippen molar-refractivity contribution in [2.24, 2.45) is 11.7 Å². The third kappa shape index (κ3) is 4.71. The summed E-state index contributed by atoms with van der Waals surface area (Å²) in [4.78, 5) is 22.9. The molecule has 2 unspecified atom stereocenters. The van der Waals surface area contributed by atoms with E-state index in [2.05, 4.69) is 10.6 Å². The molecule has 2 atom stereocenters. The molecular formula is C18H25N3O3. The number of ether oxygens (including phenoxy) is 1. The van der Waals surface area contributed by atoms with Crippen molar-refractivity contribution in [3.8, 4) is 5.75 Å². The van der Waals surface area contributed by atoms with Gasteiger partial charge in [-0.05, 0) is 55.9 Å². The Hall–Kier alpha value is -2.08. The monoisotopic (exact) mass is 331 g/mol. The fourth-order valence-electron chi connectivity index (χ4n) is 3.72. The minimum atomic E-state index is -0.384. The van der Waals surface area contributed by atoms with Crippen LogP contribution in [-0.4, -0.2) is 30.5 Å². The fraction of sp³-hybridized carbons (Fsp3) is 0.556. The highest BCUT2D eigenvalue weighted by atomic mass is 16.5. The number of benzene rings is 1. The predicted molar refractivity (Wildman–Crippen MR) is 91.7 cm³/mol. The molecule has 0 aliphatic carbocycles. The molecule has 2 fully saturated rings. The van der Waals surface area contributed by atoms with Gasteiger partial charge in [-0.1, -0.05) is 0 Å². The van der Waals surface area contributed by atoms with Gasteiger partial charge in [0.1, 0.15) is 5.75 Å². The summed E-state index contributed by atoms with van der Waals surface area (Å²) in [7, 11) is 0. The minimum Gasteiger partial charge on any atom is -0.493 e. The summed E-state index contributed by atoms with van der Waals surface area (Å²) >= 11 is 0. The highest BCUT2D eigenvalue weighted by Gasteiger charge is 2.34. The van der Waals surface area contributed by atoms with E-state index >= 15 is 0 Å². The third-order valence-electron chi connectivity index (χ3n) is 4.80. The van der Waals surface area contributed by atoms with Gasteiger partial charge in [-0.25, -0.2) is 0 Å². The van der Waals surface area contributed by atoms with E-state index in [-0.39, 0.29) is 24.8 Å². The summed E-state index contributed by atoms with van der Waals surface area (Å²) in [6.45, 7) is 0.263. The van der Waals surface area contributed by atoms with Crippen molar-refractivity contribution in [2.45, 2.75) is 50.6 Å². The summed E-state index contributed by atoms with van der Waals surface area (Å²) in [5, 5.41) is 6.55. The lowest BCUT2D eigenvalue weighted by atomic mass is 9.89. The largest absolute Gasteiger partial charge is 0.493 e. The van der Waals surface area contributed by atoms with Crippen LogP contribution in [0.15, 0.2) is 24.3 Å². The Kier molecular flexibility index (Phi) is 5.35. The number of primary amides is 1.